The van der Waals surface area contributed by atoms with Crippen molar-refractivity contribution in [1.29, 1.82) is 0 Å². The van der Waals surface area contributed by atoms with E-state index in [0.29, 0.717) is 5.56 Å². The molecule has 0 saturated carbocycles. The quantitative estimate of drug-likeness (QED) is 0.718. The van der Waals surface area contributed by atoms with Crippen molar-refractivity contribution in [1.82, 2.24) is 0 Å². The standard InChI is InChI=1S/C15H18O4/c1-15(2,3)12(14(18)19)11(13(16)17)9-10-7-5-4-6-8-10/h4-8H,9H2,1-3H3,(H,16,17)(H,18,19)/p-2/b12-11-. The van der Waals surface area contributed by atoms with E-state index < -0.39 is 17.4 Å². The first kappa shape index (κ1) is 15.0. The Balaban J connectivity index is 3.32. The molecule has 0 atom stereocenters. The fourth-order valence-corrected chi connectivity index (χ4v) is 1.94. The minimum Gasteiger partial charge on any atom is -0.545 e. The average molecular weight is 260 g/mol. The number of rotatable bonds is 4. The second-order valence-corrected chi connectivity index (χ2v) is 5.34. The van der Waals surface area contributed by atoms with E-state index in [4.69, 9.17) is 0 Å². The summed E-state index contributed by atoms with van der Waals surface area (Å²) in [6.07, 6.45) is 0.00373. The summed E-state index contributed by atoms with van der Waals surface area (Å²) in [7, 11) is 0. The molecule has 0 bridgehead atoms. The maximum atomic E-state index is 11.2. The van der Waals surface area contributed by atoms with Crippen molar-refractivity contribution in [3.63, 3.8) is 0 Å². The molecule has 0 N–H and O–H groups in total. The molecule has 0 spiro atoms. The van der Waals surface area contributed by atoms with Gasteiger partial charge in [0.15, 0.2) is 0 Å². The Hall–Kier alpha value is -2.10. The zero-order chi connectivity index (χ0) is 14.6. The van der Waals surface area contributed by atoms with Gasteiger partial charge in [0.2, 0.25) is 0 Å². The van der Waals surface area contributed by atoms with Gasteiger partial charge in [-0.3, -0.25) is 0 Å². The lowest BCUT2D eigenvalue weighted by atomic mass is 9.81. The zero-order valence-electron chi connectivity index (χ0n) is 11.2. The number of carbonyl (C=O) groups excluding carboxylic acids is 2. The first-order valence-electron chi connectivity index (χ1n) is 5.93. The molecule has 0 aromatic heterocycles. The van der Waals surface area contributed by atoms with Crippen LogP contribution >= 0.6 is 0 Å². The van der Waals surface area contributed by atoms with Crippen LogP contribution in [0.5, 0.6) is 0 Å². The minimum atomic E-state index is -1.47. The number of carboxylic acids is 2. The first-order valence-corrected chi connectivity index (χ1v) is 5.93. The van der Waals surface area contributed by atoms with Crippen LogP contribution in [0.3, 0.4) is 0 Å². The number of aliphatic carboxylic acids is 2. The highest BCUT2D eigenvalue weighted by Crippen LogP contribution is 2.29. The van der Waals surface area contributed by atoms with Gasteiger partial charge in [-0.25, -0.2) is 0 Å². The molecule has 0 saturated heterocycles. The number of hydrogen-bond donors (Lipinski definition) is 0. The van der Waals surface area contributed by atoms with E-state index in [-0.39, 0.29) is 17.6 Å². The van der Waals surface area contributed by atoms with Crippen LogP contribution in [-0.2, 0) is 16.0 Å². The third kappa shape index (κ3) is 3.95. The van der Waals surface area contributed by atoms with Gasteiger partial charge in [-0.15, -0.1) is 0 Å². The molecular weight excluding hydrogens is 244 g/mol. The molecule has 1 aromatic carbocycles. The van der Waals surface area contributed by atoms with E-state index in [9.17, 15) is 19.8 Å². The van der Waals surface area contributed by atoms with Crippen LogP contribution in [0, 0.1) is 5.41 Å². The van der Waals surface area contributed by atoms with Crippen molar-refractivity contribution in [2.45, 2.75) is 27.2 Å². The van der Waals surface area contributed by atoms with E-state index >= 15 is 0 Å². The first-order chi connectivity index (χ1) is 8.73. The van der Waals surface area contributed by atoms with Gasteiger partial charge in [0.25, 0.3) is 0 Å². The average Bonchev–Trinajstić information content (AvgIpc) is 2.27. The van der Waals surface area contributed by atoms with E-state index in [1.165, 1.54) is 0 Å². The SMILES string of the molecule is CC(C)(C)/C(C(=O)[O-])=C(/Cc1ccccc1)C(=O)[O-]. The Morgan fingerprint density at radius 2 is 1.53 bits per heavy atom. The summed E-state index contributed by atoms with van der Waals surface area (Å²) in [6, 6.07) is 8.79. The number of carbonyl (C=O) groups is 2. The lowest BCUT2D eigenvalue weighted by Gasteiger charge is -2.28. The summed E-state index contributed by atoms with van der Waals surface area (Å²) >= 11 is 0. The normalized spacial score (nSPS) is 12.8. The smallest absolute Gasteiger partial charge is 0.0683 e. The van der Waals surface area contributed by atoms with Crippen molar-refractivity contribution < 1.29 is 19.8 Å². The fourth-order valence-electron chi connectivity index (χ4n) is 1.94. The Kier molecular flexibility index (Phi) is 4.48. The lowest BCUT2D eigenvalue weighted by molar-refractivity contribution is -0.305. The molecule has 4 nitrogen and oxygen atoms in total. The van der Waals surface area contributed by atoms with E-state index in [0.717, 1.165) is 0 Å². The van der Waals surface area contributed by atoms with Gasteiger partial charge in [-0.1, -0.05) is 51.1 Å². The molecule has 0 aliphatic heterocycles. The lowest BCUT2D eigenvalue weighted by Crippen LogP contribution is -2.37. The Morgan fingerprint density at radius 1 is 1.00 bits per heavy atom. The van der Waals surface area contributed by atoms with Crippen LogP contribution in [0.1, 0.15) is 26.3 Å². The molecule has 4 heteroatoms. The Labute approximate surface area is 112 Å². The molecule has 1 rings (SSSR count). The Morgan fingerprint density at radius 3 is 1.89 bits per heavy atom. The largest absolute Gasteiger partial charge is 0.545 e. The molecule has 0 radical (unpaired) electrons. The van der Waals surface area contributed by atoms with E-state index in [1.807, 2.05) is 0 Å². The summed E-state index contributed by atoms with van der Waals surface area (Å²) in [5.41, 5.74) is -0.581. The Bertz CT molecular complexity index is 507. The summed E-state index contributed by atoms with van der Waals surface area (Å²) in [5, 5.41) is 22.5. The monoisotopic (exact) mass is 260 g/mol. The van der Waals surface area contributed by atoms with Gasteiger partial charge in [0, 0.05) is 0 Å². The molecule has 0 amide bonds. The highest BCUT2D eigenvalue weighted by atomic mass is 16.4. The summed E-state index contributed by atoms with van der Waals surface area (Å²) < 4.78 is 0. The number of benzene rings is 1. The van der Waals surface area contributed by atoms with Crippen molar-refractivity contribution in [2.75, 3.05) is 0 Å². The number of carboxylic acid groups (broad SMARTS) is 2. The zero-order valence-corrected chi connectivity index (χ0v) is 11.2. The molecule has 0 aliphatic carbocycles. The summed E-state index contributed by atoms with van der Waals surface area (Å²) in [5.74, 6) is -2.94. The molecule has 0 aliphatic rings. The van der Waals surface area contributed by atoms with E-state index in [2.05, 4.69) is 0 Å². The second-order valence-electron chi connectivity index (χ2n) is 5.34. The summed E-state index contributed by atoms with van der Waals surface area (Å²) in [4.78, 5) is 22.5. The van der Waals surface area contributed by atoms with Crippen LogP contribution in [-0.4, -0.2) is 11.9 Å². The molecule has 1 aromatic rings. The van der Waals surface area contributed by atoms with Gasteiger partial charge in [0.05, 0.1) is 11.9 Å². The molecule has 0 unspecified atom stereocenters. The van der Waals surface area contributed by atoms with Gasteiger partial charge in [-0.05, 0) is 28.5 Å². The molecule has 0 heterocycles. The third-order valence-electron chi connectivity index (χ3n) is 2.73. The van der Waals surface area contributed by atoms with Gasteiger partial charge >= 0.3 is 0 Å². The minimum absolute atomic E-state index is 0.00373. The van der Waals surface area contributed by atoms with Crippen molar-refractivity contribution >= 4 is 11.9 Å². The van der Waals surface area contributed by atoms with Crippen LogP contribution in [0.15, 0.2) is 41.5 Å². The molecule has 19 heavy (non-hydrogen) atoms. The predicted octanol–water partition coefficient (Wildman–Crippen LogP) is 0.0716. The van der Waals surface area contributed by atoms with E-state index in [1.54, 1.807) is 51.1 Å². The number of hydrogen-bond acceptors (Lipinski definition) is 4. The van der Waals surface area contributed by atoms with Crippen LogP contribution in [0.2, 0.25) is 0 Å². The maximum absolute atomic E-state index is 11.2. The third-order valence-corrected chi connectivity index (χ3v) is 2.73. The predicted molar refractivity (Wildman–Crippen MR) is 66.6 cm³/mol. The molecular formula is C15H16O4-2. The summed E-state index contributed by atoms with van der Waals surface area (Å²) in [6.45, 7) is 4.89. The van der Waals surface area contributed by atoms with Crippen molar-refractivity contribution in [2.24, 2.45) is 5.41 Å². The van der Waals surface area contributed by atoms with Crippen LogP contribution < -0.4 is 10.2 Å². The highest BCUT2D eigenvalue weighted by molar-refractivity contribution is 5.98. The van der Waals surface area contributed by atoms with Crippen LogP contribution in [0.25, 0.3) is 0 Å². The van der Waals surface area contributed by atoms with Crippen LogP contribution in [0.4, 0.5) is 0 Å². The highest BCUT2D eigenvalue weighted by Gasteiger charge is 2.23. The molecule has 0 fully saturated rings. The topological polar surface area (TPSA) is 80.3 Å². The van der Waals surface area contributed by atoms with Gasteiger partial charge < -0.3 is 19.8 Å². The molecule has 102 valence electrons. The van der Waals surface area contributed by atoms with Gasteiger partial charge in [0.1, 0.15) is 0 Å². The van der Waals surface area contributed by atoms with Crippen molar-refractivity contribution in [3.05, 3.63) is 47.0 Å². The van der Waals surface area contributed by atoms with Gasteiger partial charge in [-0.2, -0.15) is 0 Å². The second kappa shape index (κ2) is 5.69. The van der Waals surface area contributed by atoms with Crippen molar-refractivity contribution in [3.8, 4) is 0 Å². The fraction of sp³-hybridized carbons (Fsp3) is 0.333. The maximum Gasteiger partial charge on any atom is 0.0683 e.